The molecule has 1 saturated carbocycles. The first kappa shape index (κ1) is 21.9. The first-order valence-corrected chi connectivity index (χ1v) is 9.70. The Morgan fingerprint density at radius 1 is 1.28 bits per heavy atom. The Bertz CT molecular complexity index is 569. The highest BCUT2D eigenvalue weighted by molar-refractivity contribution is 7.09. The molecular formula is C17H29ClN4O2S. The number of carbonyl (C=O) groups is 2. The van der Waals surface area contributed by atoms with E-state index in [2.05, 4.69) is 10.3 Å². The zero-order valence-electron chi connectivity index (χ0n) is 15.0. The number of likely N-dealkylation sites (N-methyl/N-ethyl adjacent to an activating group) is 1. The fraction of sp³-hybridized carbons (Fsp3) is 0.706. The molecule has 1 aliphatic carbocycles. The van der Waals surface area contributed by atoms with E-state index < -0.39 is 5.54 Å². The number of thiazole rings is 1. The van der Waals surface area contributed by atoms with Gasteiger partial charge >= 0.3 is 0 Å². The van der Waals surface area contributed by atoms with Crippen LogP contribution in [0.15, 0.2) is 5.38 Å². The molecule has 0 atom stereocenters. The number of rotatable bonds is 7. The Kier molecular flexibility index (Phi) is 8.82. The molecule has 0 radical (unpaired) electrons. The van der Waals surface area contributed by atoms with Crippen molar-refractivity contribution in [3.8, 4) is 0 Å². The Morgan fingerprint density at radius 3 is 2.48 bits per heavy atom. The molecule has 0 unspecified atom stereocenters. The minimum atomic E-state index is -0.779. The van der Waals surface area contributed by atoms with Crippen molar-refractivity contribution in [3.05, 3.63) is 16.1 Å². The van der Waals surface area contributed by atoms with Gasteiger partial charge in [0.1, 0.15) is 11.2 Å². The summed E-state index contributed by atoms with van der Waals surface area (Å²) in [6.07, 6.45) is 5.11. The molecule has 0 bridgehead atoms. The fourth-order valence-corrected chi connectivity index (χ4v) is 4.09. The lowest BCUT2D eigenvalue weighted by molar-refractivity contribution is -0.139. The second kappa shape index (κ2) is 10.1. The fourth-order valence-electron chi connectivity index (χ4n) is 3.30. The van der Waals surface area contributed by atoms with Gasteiger partial charge in [-0.2, -0.15) is 0 Å². The van der Waals surface area contributed by atoms with Gasteiger partial charge in [-0.05, 0) is 33.2 Å². The van der Waals surface area contributed by atoms with Crippen LogP contribution < -0.4 is 11.1 Å². The third kappa shape index (κ3) is 5.15. The maximum atomic E-state index is 13.0. The van der Waals surface area contributed by atoms with Crippen molar-refractivity contribution in [1.29, 1.82) is 0 Å². The van der Waals surface area contributed by atoms with E-state index in [0.717, 1.165) is 24.3 Å². The number of hydrogen-bond donors (Lipinski definition) is 2. The van der Waals surface area contributed by atoms with Crippen molar-refractivity contribution in [2.75, 3.05) is 19.6 Å². The zero-order valence-corrected chi connectivity index (χ0v) is 16.7. The van der Waals surface area contributed by atoms with Gasteiger partial charge in [0, 0.05) is 24.9 Å². The molecule has 0 aliphatic heterocycles. The number of aromatic nitrogens is 1. The number of nitrogens with two attached hydrogens (primary N) is 1. The summed E-state index contributed by atoms with van der Waals surface area (Å²) < 4.78 is 0. The molecule has 25 heavy (non-hydrogen) atoms. The van der Waals surface area contributed by atoms with Crippen molar-refractivity contribution < 1.29 is 9.59 Å². The van der Waals surface area contributed by atoms with E-state index in [1.165, 1.54) is 11.3 Å². The maximum Gasteiger partial charge on any atom is 0.271 e. The van der Waals surface area contributed by atoms with Crippen molar-refractivity contribution in [2.45, 2.75) is 57.9 Å². The van der Waals surface area contributed by atoms with Crippen LogP contribution in [0.3, 0.4) is 0 Å². The summed E-state index contributed by atoms with van der Waals surface area (Å²) in [6.45, 7) is 5.77. The Balaban J connectivity index is 0.00000312. The first-order chi connectivity index (χ1) is 11.6. The predicted molar refractivity (Wildman–Crippen MR) is 103 cm³/mol. The molecule has 0 aromatic carbocycles. The molecule has 1 heterocycles. The topological polar surface area (TPSA) is 88.3 Å². The normalized spacial score (nSPS) is 16.0. The molecule has 2 amide bonds. The smallest absolute Gasteiger partial charge is 0.271 e. The second-order valence-electron chi connectivity index (χ2n) is 6.24. The van der Waals surface area contributed by atoms with Crippen LogP contribution in [0.2, 0.25) is 0 Å². The molecule has 0 saturated heterocycles. The van der Waals surface area contributed by atoms with Gasteiger partial charge < -0.3 is 16.0 Å². The first-order valence-electron chi connectivity index (χ1n) is 8.82. The molecule has 0 spiro atoms. The van der Waals surface area contributed by atoms with E-state index in [1.807, 2.05) is 18.7 Å². The van der Waals surface area contributed by atoms with Crippen LogP contribution in [0.1, 0.15) is 61.4 Å². The van der Waals surface area contributed by atoms with E-state index in [-0.39, 0.29) is 24.2 Å². The lowest BCUT2D eigenvalue weighted by atomic mass is 9.80. The van der Waals surface area contributed by atoms with Crippen LogP contribution in [0.25, 0.3) is 0 Å². The summed E-state index contributed by atoms with van der Waals surface area (Å²) in [5, 5.41) is 5.64. The van der Waals surface area contributed by atoms with Crippen molar-refractivity contribution in [2.24, 2.45) is 5.73 Å². The molecule has 3 N–H and O–H groups in total. The third-order valence-electron chi connectivity index (χ3n) is 4.66. The summed E-state index contributed by atoms with van der Waals surface area (Å²) in [7, 11) is 0. The highest BCUT2D eigenvalue weighted by atomic mass is 35.5. The van der Waals surface area contributed by atoms with Gasteiger partial charge in [0.15, 0.2) is 0 Å². The molecular weight excluding hydrogens is 360 g/mol. The van der Waals surface area contributed by atoms with Crippen molar-refractivity contribution >= 4 is 35.6 Å². The van der Waals surface area contributed by atoms with E-state index in [9.17, 15) is 9.59 Å². The summed E-state index contributed by atoms with van der Waals surface area (Å²) in [6, 6.07) is 0. The molecule has 1 aromatic rings. The van der Waals surface area contributed by atoms with Crippen LogP contribution in [-0.2, 0) is 11.2 Å². The average molecular weight is 389 g/mol. The minimum absolute atomic E-state index is 0. The lowest BCUT2D eigenvalue weighted by Crippen LogP contribution is -2.60. The molecule has 6 nitrogen and oxygen atoms in total. The number of carbonyl (C=O) groups excluding carboxylic acids is 2. The molecule has 142 valence electrons. The highest BCUT2D eigenvalue weighted by Gasteiger charge is 2.43. The quantitative estimate of drug-likeness (QED) is 0.750. The SMILES string of the molecule is CCN(CC)C(=O)C1(NC(=O)c2csc(CCN)n2)CCCCC1.Cl. The van der Waals surface area contributed by atoms with E-state index in [4.69, 9.17) is 5.73 Å². The number of halogens is 1. The summed E-state index contributed by atoms with van der Waals surface area (Å²) in [5.41, 5.74) is 5.15. The molecule has 8 heteroatoms. The van der Waals surface area contributed by atoms with Gasteiger partial charge in [-0.15, -0.1) is 23.7 Å². The van der Waals surface area contributed by atoms with Gasteiger partial charge in [-0.1, -0.05) is 19.3 Å². The summed E-state index contributed by atoms with van der Waals surface area (Å²) in [4.78, 5) is 31.9. The Hall–Kier alpha value is -1.18. The van der Waals surface area contributed by atoms with Gasteiger partial charge in [-0.3, -0.25) is 9.59 Å². The zero-order chi connectivity index (χ0) is 17.6. The number of nitrogens with one attached hydrogen (secondary N) is 1. The van der Waals surface area contributed by atoms with E-state index >= 15 is 0 Å². The standard InChI is InChI=1S/C17H28N4O2S.ClH/c1-3-21(4-2)16(23)17(9-6-5-7-10-17)20-15(22)13-12-24-14(19-13)8-11-18;/h12H,3-11,18H2,1-2H3,(H,20,22);1H. The Labute approximate surface area is 160 Å². The number of amides is 2. The monoisotopic (exact) mass is 388 g/mol. The largest absolute Gasteiger partial charge is 0.341 e. The summed E-state index contributed by atoms with van der Waals surface area (Å²) >= 11 is 1.44. The third-order valence-corrected chi connectivity index (χ3v) is 5.57. The number of hydrogen-bond acceptors (Lipinski definition) is 5. The molecule has 1 aliphatic rings. The van der Waals surface area contributed by atoms with Gasteiger partial charge in [0.05, 0.1) is 5.01 Å². The highest BCUT2D eigenvalue weighted by Crippen LogP contribution is 2.30. The van der Waals surface area contributed by atoms with Crippen LogP contribution in [0, 0.1) is 0 Å². The molecule has 1 aromatic heterocycles. The average Bonchev–Trinajstić information content (AvgIpc) is 3.06. The molecule has 2 rings (SSSR count). The lowest BCUT2D eigenvalue weighted by Gasteiger charge is -2.39. The van der Waals surface area contributed by atoms with Gasteiger partial charge in [0.2, 0.25) is 5.91 Å². The van der Waals surface area contributed by atoms with E-state index in [0.29, 0.717) is 44.6 Å². The van der Waals surface area contributed by atoms with Crippen LogP contribution >= 0.6 is 23.7 Å². The van der Waals surface area contributed by atoms with Crippen LogP contribution in [0.5, 0.6) is 0 Å². The van der Waals surface area contributed by atoms with Crippen LogP contribution in [-0.4, -0.2) is 46.9 Å². The summed E-state index contributed by atoms with van der Waals surface area (Å²) in [5.74, 6) is -0.213. The van der Waals surface area contributed by atoms with Gasteiger partial charge in [0.25, 0.3) is 5.91 Å². The second-order valence-corrected chi connectivity index (χ2v) is 7.18. The predicted octanol–water partition coefficient (Wildman–Crippen LogP) is 2.37. The minimum Gasteiger partial charge on any atom is -0.341 e. The maximum absolute atomic E-state index is 13.0. The van der Waals surface area contributed by atoms with Gasteiger partial charge in [-0.25, -0.2) is 4.98 Å². The van der Waals surface area contributed by atoms with Crippen molar-refractivity contribution in [3.63, 3.8) is 0 Å². The Morgan fingerprint density at radius 2 is 1.92 bits per heavy atom. The van der Waals surface area contributed by atoms with Crippen molar-refractivity contribution in [1.82, 2.24) is 15.2 Å². The van der Waals surface area contributed by atoms with E-state index in [1.54, 1.807) is 5.38 Å². The molecule has 1 fully saturated rings. The number of nitrogens with zero attached hydrogens (tertiary/aromatic N) is 2. The van der Waals surface area contributed by atoms with Crippen LogP contribution in [0.4, 0.5) is 0 Å².